The number of ether oxygens (including phenoxy) is 1. The molecule has 0 aliphatic rings. The number of nitrogens with zero attached hydrogens (tertiary/aromatic N) is 3. The molecule has 2 heterocycles. The lowest BCUT2D eigenvalue weighted by molar-refractivity contribution is 0.0602. The number of esters is 1. The summed E-state index contributed by atoms with van der Waals surface area (Å²) in [5.41, 5.74) is 2.52. The summed E-state index contributed by atoms with van der Waals surface area (Å²) in [4.78, 5) is 16.7. The molecule has 0 N–H and O–H groups in total. The van der Waals surface area contributed by atoms with Crippen LogP contribution in [0.1, 0.15) is 37.0 Å². The van der Waals surface area contributed by atoms with Crippen LogP contribution in [0.3, 0.4) is 0 Å². The second kappa shape index (κ2) is 6.02. The molecule has 6 heteroatoms. The number of pyridine rings is 1. The highest BCUT2D eigenvalue weighted by Gasteiger charge is 2.24. The molecule has 3 aromatic rings. The summed E-state index contributed by atoms with van der Waals surface area (Å²) >= 11 is 3.49. The van der Waals surface area contributed by atoms with Crippen LogP contribution >= 0.6 is 15.9 Å². The van der Waals surface area contributed by atoms with Crippen LogP contribution in [0.4, 0.5) is 0 Å². The van der Waals surface area contributed by atoms with Gasteiger partial charge in [0.25, 0.3) is 0 Å². The third-order valence-electron chi connectivity index (χ3n) is 3.68. The Bertz CT molecular complexity index is 926. The fraction of sp³-hybridized carbons (Fsp3) is 0.278. The number of benzene rings is 1. The van der Waals surface area contributed by atoms with Crippen molar-refractivity contribution in [3.05, 3.63) is 52.3 Å². The van der Waals surface area contributed by atoms with Gasteiger partial charge in [-0.15, -0.1) is 0 Å². The third-order valence-corrected chi connectivity index (χ3v) is 4.17. The molecule has 0 bridgehead atoms. The van der Waals surface area contributed by atoms with E-state index >= 15 is 0 Å². The average molecular weight is 388 g/mol. The van der Waals surface area contributed by atoms with E-state index in [9.17, 15) is 4.79 Å². The van der Waals surface area contributed by atoms with E-state index in [2.05, 4.69) is 26.0 Å². The predicted octanol–water partition coefficient (Wildman–Crippen LogP) is 4.24. The number of halogens is 1. The Balaban J connectivity index is 2.32. The van der Waals surface area contributed by atoms with Crippen LogP contribution in [0.25, 0.3) is 16.9 Å². The summed E-state index contributed by atoms with van der Waals surface area (Å²) in [6, 6.07) is 11.5. The highest BCUT2D eigenvalue weighted by atomic mass is 79.9. The maximum absolute atomic E-state index is 12.1. The quantitative estimate of drug-likeness (QED) is 0.616. The van der Waals surface area contributed by atoms with E-state index in [1.165, 1.54) is 7.11 Å². The Morgan fingerprint density at radius 1 is 1.21 bits per heavy atom. The number of hydrogen-bond acceptors (Lipinski definition) is 4. The van der Waals surface area contributed by atoms with E-state index in [1.54, 1.807) is 10.6 Å². The third kappa shape index (κ3) is 2.94. The summed E-state index contributed by atoms with van der Waals surface area (Å²) in [6.45, 7) is 6.12. The molecular weight excluding hydrogens is 370 g/mol. The van der Waals surface area contributed by atoms with Crippen molar-refractivity contribution in [2.75, 3.05) is 7.11 Å². The average Bonchev–Trinajstić information content (AvgIpc) is 2.98. The summed E-state index contributed by atoms with van der Waals surface area (Å²) in [7, 11) is 1.36. The Hall–Kier alpha value is -2.21. The lowest BCUT2D eigenvalue weighted by Gasteiger charge is -2.12. The molecule has 0 spiro atoms. The molecule has 0 saturated carbocycles. The van der Waals surface area contributed by atoms with Gasteiger partial charge in [0.05, 0.1) is 12.8 Å². The zero-order valence-corrected chi connectivity index (χ0v) is 15.6. The van der Waals surface area contributed by atoms with Crippen molar-refractivity contribution in [1.82, 2.24) is 14.6 Å². The van der Waals surface area contributed by atoms with E-state index in [0.29, 0.717) is 17.0 Å². The van der Waals surface area contributed by atoms with Crippen LogP contribution < -0.4 is 0 Å². The van der Waals surface area contributed by atoms with Crippen LogP contribution in [-0.4, -0.2) is 27.7 Å². The maximum Gasteiger partial charge on any atom is 0.341 e. The summed E-state index contributed by atoms with van der Waals surface area (Å²) in [5, 5.41) is 4.65. The molecule has 3 rings (SSSR count). The number of rotatable bonds is 2. The Morgan fingerprint density at radius 2 is 1.96 bits per heavy atom. The minimum Gasteiger partial charge on any atom is -0.465 e. The summed E-state index contributed by atoms with van der Waals surface area (Å²) in [5.74, 6) is 0.253. The number of hydrogen-bond donors (Lipinski definition) is 0. The minimum absolute atomic E-state index is 0.228. The number of fused-ring (bicyclic) bond motifs is 1. The van der Waals surface area contributed by atoms with Gasteiger partial charge >= 0.3 is 5.97 Å². The molecule has 0 unspecified atom stereocenters. The van der Waals surface area contributed by atoms with E-state index < -0.39 is 5.97 Å². The van der Waals surface area contributed by atoms with Crippen molar-refractivity contribution in [2.24, 2.45) is 0 Å². The van der Waals surface area contributed by atoms with Crippen molar-refractivity contribution in [2.45, 2.75) is 26.2 Å². The molecule has 0 aliphatic heterocycles. The van der Waals surface area contributed by atoms with Crippen molar-refractivity contribution < 1.29 is 9.53 Å². The Morgan fingerprint density at radius 3 is 2.58 bits per heavy atom. The summed E-state index contributed by atoms with van der Waals surface area (Å²) < 4.78 is 7.57. The monoisotopic (exact) mass is 387 g/mol. The molecule has 5 nitrogen and oxygen atoms in total. The number of carbonyl (C=O) groups is 1. The van der Waals surface area contributed by atoms with E-state index in [-0.39, 0.29) is 5.41 Å². The first-order valence-corrected chi connectivity index (χ1v) is 8.35. The van der Waals surface area contributed by atoms with Gasteiger partial charge in [-0.2, -0.15) is 5.10 Å². The molecule has 0 radical (unpaired) electrons. The highest BCUT2D eigenvalue weighted by Crippen LogP contribution is 2.27. The molecule has 0 amide bonds. The van der Waals surface area contributed by atoms with E-state index in [0.717, 1.165) is 15.7 Å². The van der Waals surface area contributed by atoms with Crippen molar-refractivity contribution >= 4 is 27.5 Å². The second-order valence-corrected chi connectivity index (χ2v) is 7.47. The first kappa shape index (κ1) is 16.6. The first-order valence-electron chi connectivity index (χ1n) is 7.56. The van der Waals surface area contributed by atoms with Gasteiger partial charge in [0, 0.05) is 15.5 Å². The predicted molar refractivity (Wildman–Crippen MR) is 96.2 cm³/mol. The van der Waals surface area contributed by atoms with Gasteiger partial charge in [0.1, 0.15) is 5.56 Å². The first-order chi connectivity index (χ1) is 11.3. The number of methoxy groups -OCH3 is 1. The largest absolute Gasteiger partial charge is 0.465 e. The molecule has 1 aromatic carbocycles. The van der Waals surface area contributed by atoms with Crippen LogP contribution in [0, 0.1) is 0 Å². The van der Waals surface area contributed by atoms with Gasteiger partial charge in [-0.1, -0.05) is 48.8 Å². The molecule has 124 valence electrons. The number of carbonyl (C=O) groups excluding carboxylic acids is 1. The fourth-order valence-corrected chi connectivity index (χ4v) is 2.81. The van der Waals surface area contributed by atoms with E-state index in [4.69, 9.17) is 4.74 Å². The molecule has 0 atom stereocenters. The van der Waals surface area contributed by atoms with E-state index in [1.807, 2.05) is 51.1 Å². The molecule has 24 heavy (non-hydrogen) atoms. The molecule has 2 aromatic heterocycles. The Kier molecular flexibility index (Phi) is 4.17. The molecular formula is C18H18BrN3O2. The maximum atomic E-state index is 12.1. The van der Waals surface area contributed by atoms with Crippen LogP contribution in [0.15, 0.2) is 40.9 Å². The minimum atomic E-state index is -0.423. The SMILES string of the molecule is COC(=O)c1ccc(-c2cccc(Br)c2)n2nc(C(C)(C)C)nc12. The van der Waals surface area contributed by atoms with Gasteiger partial charge in [-0.25, -0.2) is 14.3 Å². The van der Waals surface area contributed by atoms with Gasteiger partial charge in [0.2, 0.25) is 0 Å². The number of aromatic nitrogens is 3. The lowest BCUT2D eigenvalue weighted by atomic mass is 9.96. The zero-order chi connectivity index (χ0) is 17.5. The van der Waals surface area contributed by atoms with Crippen LogP contribution in [0.2, 0.25) is 0 Å². The normalized spacial score (nSPS) is 11.7. The van der Waals surface area contributed by atoms with Gasteiger partial charge in [-0.05, 0) is 24.3 Å². The molecule has 0 aliphatic carbocycles. The highest BCUT2D eigenvalue weighted by molar-refractivity contribution is 9.10. The van der Waals surface area contributed by atoms with Crippen LogP contribution in [-0.2, 0) is 10.2 Å². The zero-order valence-electron chi connectivity index (χ0n) is 14.0. The smallest absolute Gasteiger partial charge is 0.341 e. The molecule has 0 saturated heterocycles. The standard InChI is InChI=1S/C18H18BrN3O2/c1-18(2,3)17-20-15-13(16(23)24-4)8-9-14(22(15)21-17)11-6-5-7-12(19)10-11/h5-10H,1-4H3. The Labute approximate surface area is 148 Å². The van der Waals surface area contributed by atoms with Crippen LogP contribution in [0.5, 0.6) is 0 Å². The van der Waals surface area contributed by atoms with Crippen molar-refractivity contribution in [3.8, 4) is 11.3 Å². The van der Waals surface area contributed by atoms with Crippen molar-refractivity contribution in [3.63, 3.8) is 0 Å². The lowest BCUT2D eigenvalue weighted by Crippen LogP contribution is -2.13. The second-order valence-electron chi connectivity index (χ2n) is 6.55. The van der Waals surface area contributed by atoms with Gasteiger partial charge in [0.15, 0.2) is 11.5 Å². The van der Waals surface area contributed by atoms with Gasteiger partial charge < -0.3 is 4.74 Å². The topological polar surface area (TPSA) is 56.5 Å². The molecule has 0 fully saturated rings. The van der Waals surface area contributed by atoms with Gasteiger partial charge in [-0.3, -0.25) is 0 Å². The fourth-order valence-electron chi connectivity index (χ4n) is 2.42. The van der Waals surface area contributed by atoms with Crippen molar-refractivity contribution in [1.29, 1.82) is 0 Å². The summed E-state index contributed by atoms with van der Waals surface area (Å²) in [6.07, 6.45) is 0.